The Morgan fingerprint density at radius 3 is 2.39 bits per heavy atom. The van der Waals surface area contributed by atoms with Crippen LogP contribution in [0.15, 0.2) is 6.07 Å². The average Bonchev–Trinajstić information content (AvgIpc) is 2.56. The van der Waals surface area contributed by atoms with Crippen LogP contribution in [0.4, 0.5) is 17.6 Å². The number of hydrogen-bond acceptors (Lipinski definition) is 2. The minimum Gasteiger partial charge on any atom is -0.396 e. The van der Waals surface area contributed by atoms with Gasteiger partial charge in [0.15, 0.2) is 23.3 Å². The van der Waals surface area contributed by atoms with Crippen molar-refractivity contribution in [2.45, 2.75) is 44.6 Å². The second-order valence-electron chi connectivity index (χ2n) is 5.84. The van der Waals surface area contributed by atoms with Crippen molar-refractivity contribution in [3.63, 3.8) is 0 Å². The number of benzene rings is 1. The van der Waals surface area contributed by atoms with Gasteiger partial charge in [0.25, 0.3) is 5.91 Å². The van der Waals surface area contributed by atoms with E-state index in [1.807, 2.05) is 0 Å². The van der Waals surface area contributed by atoms with E-state index < -0.39 is 40.8 Å². The van der Waals surface area contributed by atoms with Crippen LogP contribution in [0.2, 0.25) is 0 Å². The molecule has 1 aromatic carbocycles. The number of hydrogen-bond donors (Lipinski definition) is 2. The molecular formula is C16H19F4NO2. The Labute approximate surface area is 131 Å². The van der Waals surface area contributed by atoms with Gasteiger partial charge in [-0.15, -0.1) is 0 Å². The van der Waals surface area contributed by atoms with E-state index in [4.69, 9.17) is 5.11 Å². The van der Waals surface area contributed by atoms with Crippen LogP contribution in [0.5, 0.6) is 0 Å². The van der Waals surface area contributed by atoms with Gasteiger partial charge in [-0.05, 0) is 31.2 Å². The molecule has 0 bridgehead atoms. The summed E-state index contributed by atoms with van der Waals surface area (Å²) in [5, 5.41) is 11.7. The van der Waals surface area contributed by atoms with Crippen molar-refractivity contribution in [3.8, 4) is 0 Å². The molecule has 7 heteroatoms. The fourth-order valence-corrected chi connectivity index (χ4v) is 3.09. The zero-order valence-electron chi connectivity index (χ0n) is 12.5. The predicted octanol–water partition coefficient (Wildman–Crippen LogP) is 3.30. The average molecular weight is 333 g/mol. The van der Waals surface area contributed by atoms with E-state index in [2.05, 4.69) is 5.32 Å². The number of carbonyl (C=O) groups excluding carboxylic acids is 1. The van der Waals surface area contributed by atoms with Crippen molar-refractivity contribution in [2.75, 3.05) is 6.61 Å². The third-order valence-corrected chi connectivity index (χ3v) is 4.32. The number of aliphatic hydroxyl groups is 1. The molecule has 0 aliphatic heterocycles. The summed E-state index contributed by atoms with van der Waals surface area (Å²) in [7, 11) is 0. The van der Waals surface area contributed by atoms with Gasteiger partial charge in [-0.25, -0.2) is 17.6 Å². The van der Waals surface area contributed by atoms with Gasteiger partial charge in [-0.3, -0.25) is 4.79 Å². The maximum Gasteiger partial charge on any atom is 0.254 e. The SMILES string of the molecule is O=C(NC(CCO)C1CCCCC1)c1cc(F)c(F)c(F)c1F. The summed E-state index contributed by atoms with van der Waals surface area (Å²) in [5.41, 5.74) is -0.875. The third-order valence-electron chi connectivity index (χ3n) is 4.32. The lowest BCUT2D eigenvalue weighted by Crippen LogP contribution is -2.42. The fraction of sp³-hybridized carbons (Fsp3) is 0.562. The molecule has 1 unspecified atom stereocenters. The number of halogens is 4. The molecule has 0 saturated heterocycles. The summed E-state index contributed by atoms with van der Waals surface area (Å²) in [6.45, 7) is -0.171. The molecule has 0 spiro atoms. The number of nitrogens with one attached hydrogen (secondary N) is 1. The summed E-state index contributed by atoms with van der Waals surface area (Å²) in [6.07, 6.45) is 5.08. The van der Waals surface area contributed by atoms with Crippen LogP contribution in [0, 0.1) is 29.2 Å². The molecule has 0 aromatic heterocycles. The van der Waals surface area contributed by atoms with Gasteiger partial charge in [0.05, 0.1) is 5.56 Å². The van der Waals surface area contributed by atoms with Crippen LogP contribution in [0.3, 0.4) is 0 Å². The lowest BCUT2D eigenvalue weighted by molar-refractivity contribution is 0.0893. The number of rotatable bonds is 5. The van der Waals surface area contributed by atoms with Gasteiger partial charge in [-0.2, -0.15) is 0 Å². The zero-order chi connectivity index (χ0) is 17.0. The Kier molecular flexibility index (Phi) is 5.98. The maximum absolute atomic E-state index is 13.7. The molecule has 1 aromatic rings. The summed E-state index contributed by atoms with van der Waals surface area (Å²) in [5.74, 6) is -8.18. The topological polar surface area (TPSA) is 49.3 Å². The molecule has 1 aliphatic rings. The molecule has 128 valence electrons. The minimum absolute atomic E-state index is 0.123. The molecule has 1 fully saturated rings. The van der Waals surface area contributed by atoms with E-state index in [0.717, 1.165) is 32.1 Å². The molecule has 0 radical (unpaired) electrons. The first-order valence-corrected chi connectivity index (χ1v) is 7.70. The lowest BCUT2D eigenvalue weighted by Gasteiger charge is -2.30. The van der Waals surface area contributed by atoms with Crippen LogP contribution < -0.4 is 5.32 Å². The molecule has 1 saturated carbocycles. The van der Waals surface area contributed by atoms with Crippen molar-refractivity contribution in [2.24, 2.45) is 5.92 Å². The summed E-state index contributed by atoms with van der Waals surface area (Å²) >= 11 is 0. The summed E-state index contributed by atoms with van der Waals surface area (Å²) in [6, 6.07) is -0.0664. The molecule has 1 atom stereocenters. The summed E-state index contributed by atoms with van der Waals surface area (Å²) in [4.78, 5) is 12.1. The molecular weight excluding hydrogens is 314 g/mol. The minimum atomic E-state index is -2.01. The largest absolute Gasteiger partial charge is 0.396 e. The van der Waals surface area contributed by atoms with Gasteiger partial charge < -0.3 is 10.4 Å². The number of carbonyl (C=O) groups is 1. The lowest BCUT2D eigenvalue weighted by atomic mass is 9.82. The Hall–Kier alpha value is -1.63. The van der Waals surface area contributed by atoms with Crippen molar-refractivity contribution in [3.05, 3.63) is 34.9 Å². The van der Waals surface area contributed by atoms with Gasteiger partial charge in [0.1, 0.15) is 0 Å². The smallest absolute Gasteiger partial charge is 0.254 e. The summed E-state index contributed by atoms with van der Waals surface area (Å²) < 4.78 is 53.1. The molecule has 3 nitrogen and oxygen atoms in total. The van der Waals surface area contributed by atoms with Crippen molar-refractivity contribution >= 4 is 5.91 Å². The van der Waals surface area contributed by atoms with Crippen LogP contribution in [-0.2, 0) is 0 Å². The van der Waals surface area contributed by atoms with E-state index in [-0.39, 0.29) is 18.9 Å². The highest BCUT2D eigenvalue weighted by Crippen LogP contribution is 2.28. The normalized spacial score (nSPS) is 17.1. The van der Waals surface area contributed by atoms with E-state index in [0.29, 0.717) is 6.07 Å². The quantitative estimate of drug-likeness (QED) is 0.493. The molecule has 0 heterocycles. The Morgan fingerprint density at radius 2 is 1.78 bits per heavy atom. The highest BCUT2D eigenvalue weighted by Gasteiger charge is 2.28. The number of aliphatic hydroxyl groups excluding tert-OH is 1. The van der Waals surface area contributed by atoms with E-state index in [1.165, 1.54) is 0 Å². The van der Waals surface area contributed by atoms with Crippen LogP contribution in [0.25, 0.3) is 0 Å². The van der Waals surface area contributed by atoms with E-state index >= 15 is 0 Å². The van der Waals surface area contributed by atoms with Crippen LogP contribution >= 0.6 is 0 Å². The Bertz CT molecular complexity index is 574. The fourth-order valence-electron chi connectivity index (χ4n) is 3.09. The van der Waals surface area contributed by atoms with Crippen molar-refractivity contribution < 1.29 is 27.5 Å². The van der Waals surface area contributed by atoms with Gasteiger partial charge in [0, 0.05) is 12.6 Å². The first-order chi connectivity index (χ1) is 11.0. The van der Waals surface area contributed by atoms with Crippen molar-refractivity contribution in [1.29, 1.82) is 0 Å². The monoisotopic (exact) mass is 333 g/mol. The number of amides is 1. The van der Waals surface area contributed by atoms with E-state index in [9.17, 15) is 22.4 Å². The van der Waals surface area contributed by atoms with Crippen molar-refractivity contribution in [1.82, 2.24) is 5.32 Å². The first-order valence-electron chi connectivity index (χ1n) is 7.70. The Balaban J connectivity index is 2.18. The molecule has 23 heavy (non-hydrogen) atoms. The Morgan fingerprint density at radius 1 is 1.13 bits per heavy atom. The molecule has 1 aliphatic carbocycles. The second kappa shape index (κ2) is 7.77. The van der Waals surface area contributed by atoms with Gasteiger partial charge in [0.2, 0.25) is 0 Å². The van der Waals surface area contributed by atoms with E-state index in [1.54, 1.807) is 0 Å². The van der Waals surface area contributed by atoms with Crippen LogP contribution in [-0.4, -0.2) is 23.7 Å². The highest BCUT2D eigenvalue weighted by atomic mass is 19.2. The molecule has 2 N–H and O–H groups in total. The van der Waals surface area contributed by atoms with Gasteiger partial charge >= 0.3 is 0 Å². The molecule has 2 rings (SSSR count). The zero-order valence-corrected chi connectivity index (χ0v) is 12.5. The second-order valence-corrected chi connectivity index (χ2v) is 5.84. The maximum atomic E-state index is 13.7. The van der Waals surface area contributed by atoms with Crippen LogP contribution in [0.1, 0.15) is 48.9 Å². The standard InChI is InChI=1S/C16H19F4NO2/c17-11-8-10(13(18)15(20)14(11)19)16(23)21-12(6-7-22)9-4-2-1-3-5-9/h8-9,12,22H,1-7H2,(H,21,23). The molecule has 1 amide bonds. The highest BCUT2D eigenvalue weighted by molar-refractivity contribution is 5.94. The van der Waals surface area contributed by atoms with Gasteiger partial charge in [-0.1, -0.05) is 19.3 Å². The third kappa shape index (κ3) is 4.02. The first kappa shape index (κ1) is 17.7. The predicted molar refractivity (Wildman–Crippen MR) is 75.8 cm³/mol.